The molecule has 3 rings (SSSR count). The fraction of sp³-hybridized carbons (Fsp3) is 0.176. The fourth-order valence-corrected chi connectivity index (χ4v) is 2.95. The van der Waals surface area contributed by atoms with Gasteiger partial charge in [-0.3, -0.25) is 4.79 Å². The van der Waals surface area contributed by atoms with Gasteiger partial charge in [0.1, 0.15) is 0 Å². The van der Waals surface area contributed by atoms with Gasteiger partial charge in [0.15, 0.2) is 5.82 Å². The van der Waals surface area contributed by atoms with E-state index < -0.39 is 0 Å². The van der Waals surface area contributed by atoms with Gasteiger partial charge in [-0.15, -0.1) is 16.9 Å². The van der Waals surface area contributed by atoms with E-state index in [1.54, 1.807) is 4.68 Å². The smallest absolute Gasteiger partial charge is 0.234 e. The number of benzene rings is 2. The number of nitrogens with zero attached hydrogens (tertiary/aromatic N) is 4. The van der Waals surface area contributed by atoms with E-state index in [-0.39, 0.29) is 5.91 Å². The highest BCUT2D eigenvalue weighted by Crippen LogP contribution is 2.22. The number of nitrogens with one attached hydrogen (secondary N) is 1. The summed E-state index contributed by atoms with van der Waals surface area (Å²) in [7, 11) is 0. The second-order valence-electron chi connectivity index (χ2n) is 5.03. The monoisotopic (exact) mass is 339 g/mol. The highest BCUT2D eigenvalue weighted by Gasteiger charge is 2.12. The molecular formula is C17H17N5OS. The van der Waals surface area contributed by atoms with Crippen molar-refractivity contribution in [2.45, 2.75) is 18.2 Å². The summed E-state index contributed by atoms with van der Waals surface area (Å²) < 4.78 is 1.65. The summed E-state index contributed by atoms with van der Waals surface area (Å²) in [6.07, 6.45) is 0.707. The Hall–Kier alpha value is -2.67. The highest BCUT2D eigenvalue weighted by molar-refractivity contribution is 8.00. The maximum atomic E-state index is 12.3. The molecule has 1 N–H and O–H groups in total. The zero-order chi connectivity index (χ0) is 16.8. The van der Waals surface area contributed by atoms with Crippen molar-refractivity contribution in [3.63, 3.8) is 0 Å². The van der Waals surface area contributed by atoms with Gasteiger partial charge in [-0.1, -0.05) is 37.3 Å². The van der Waals surface area contributed by atoms with Gasteiger partial charge < -0.3 is 5.32 Å². The normalized spacial score (nSPS) is 10.5. The number of tetrazole rings is 1. The van der Waals surface area contributed by atoms with Crippen LogP contribution >= 0.6 is 11.8 Å². The molecule has 0 saturated carbocycles. The van der Waals surface area contributed by atoms with Gasteiger partial charge in [-0.2, -0.15) is 4.68 Å². The Labute approximate surface area is 144 Å². The number of anilines is 1. The second-order valence-corrected chi connectivity index (χ2v) is 6.08. The molecule has 1 heterocycles. The minimum Gasteiger partial charge on any atom is -0.323 e. The van der Waals surface area contributed by atoms with Gasteiger partial charge >= 0.3 is 0 Å². The first kappa shape index (κ1) is 16.2. The van der Waals surface area contributed by atoms with Gasteiger partial charge in [-0.05, 0) is 34.7 Å². The first-order valence-electron chi connectivity index (χ1n) is 7.62. The van der Waals surface area contributed by atoms with Crippen LogP contribution in [0.15, 0.2) is 59.5 Å². The van der Waals surface area contributed by atoms with Crippen LogP contribution in [0.5, 0.6) is 0 Å². The molecular weight excluding hydrogens is 322 g/mol. The number of hydrogen-bond acceptors (Lipinski definition) is 5. The summed E-state index contributed by atoms with van der Waals surface area (Å²) in [6.45, 7) is 1.99. The standard InChI is InChI=1S/C17H17N5OS/c1-2-16-19-20-21-22(16)15-11-7-6-10-14(15)18-17(23)12-24-13-8-4-3-5-9-13/h3-11H,2,12H2,1H3,(H,18,23). The molecule has 0 bridgehead atoms. The van der Waals surface area contributed by atoms with Crippen LogP contribution in [-0.4, -0.2) is 31.9 Å². The van der Waals surface area contributed by atoms with Crippen LogP contribution in [0.1, 0.15) is 12.7 Å². The Morgan fingerprint density at radius 2 is 1.88 bits per heavy atom. The number of aromatic nitrogens is 4. The summed E-state index contributed by atoms with van der Waals surface area (Å²) in [4.78, 5) is 13.3. The molecule has 0 spiro atoms. The van der Waals surface area contributed by atoms with Gasteiger partial charge in [0, 0.05) is 11.3 Å². The molecule has 122 valence electrons. The fourth-order valence-electron chi connectivity index (χ4n) is 2.23. The predicted molar refractivity (Wildman–Crippen MR) is 94.3 cm³/mol. The maximum Gasteiger partial charge on any atom is 0.234 e. The van der Waals surface area contributed by atoms with Crippen molar-refractivity contribution >= 4 is 23.4 Å². The Morgan fingerprint density at radius 3 is 2.67 bits per heavy atom. The van der Waals surface area contributed by atoms with Gasteiger partial charge in [0.05, 0.1) is 17.1 Å². The molecule has 0 radical (unpaired) electrons. The van der Waals surface area contributed by atoms with E-state index in [0.29, 0.717) is 17.9 Å². The van der Waals surface area contributed by atoms with Crippen molar-refractivity contribution in [1.29, 1.82) is 0 Å². The van der Waals surface area contributed by atoms with Crippen LogP contribution in [0.2, 0.25) is 0 Å². The number of amides is 1. The highest BCUT2D eigenvalue weighted by atomic mass is 32.2. The molecule has 0 fully saturated rings. The second kappa shape index (κ2) is 7.74. The Kier molecular flexibility index (Phi) is 5.22. The number of para-hydroxylation sites is 2. The van der Waals surface area contributed by atoms with Crippen molar-refractivity contribution in [1.82, 2.24) is 20.2 Å². The van der Waals surface area contributed by atoms with Gasteiger partial charge in [0.2, 0.25) is 5.91 Å². The molecule has 0 saturated heterocycles. The van der Waals surface area contributed by atoms with Crippen LogP contribution in [0, 0.1) is 0 Å². The van der Waals surface area contributed by atoms with E-state index in [1.165, 1.54) is 11.8 Å². The van der Waals surface area contributed by atoms with Crippen LogP contribution in [0.4, 0.5) is 5.69 Å². The molecule has 0 unspecified atom stereocenters. The lowest BCUT2D eigenvalue weighted by Crippen LogP contribution is -2.16. The average Bonchev–Trinajstić information content (AvgIpc) is 3.10. The van der Waals surface area contributed by atoms with Crippen molar-refractivity contribution in [2.75, 3.05) is 11.1 Å². The Morgan fingerprint density at radius 1 is 1.12 bits per heavy atom. The topological polar surface area (TPSA) is 72.7 Å². The SMILES string of the molecule is CCc1nnnn1-c1ccccc1NC(=O)CSc1ccccc1. The first-order chi connectivity index (χ1) is 11.8. The third-order valence-corrected chi connectivity index (χ3v) is 4.38. The quantitative estimate of drug-likeness (QED) is 0.699. The zero-order valence-corrected chi connectivity index (χ0v) is 14.0. The van der Waals surface area contributed by atoms with Crippen LogP contribution in [0.3, 0.4) is 0 Å². The summed E-state index contributed by atoms with van der Waals surface area (Å²) in [5.74, 6) is 1.02. The number of carbonyl (C=O) groups is 1. The lowest BCUT2D eigenvalue weighted by atomic mass is 10.2. The number of hydrogen-bond donors (Lipinski definition) is 1. The van der Waals surface area contributed by atoms with Crippen molar-refractivity contribution in [3.8, 4) is 5.69 Å². The molecule has 0 aliphatic heterocycles. The minimum absolute atomic E-state index is 0.0672. The van der Waals surface area contributed by atoms with Gasteiger partial charge in [-0.25, -0.2) is 0 Å². The summed E-state index contributed by atoms with van der Waals surface area (Å²) in [5.41, 5.74) is 1.45. The maximum absolute atomic E-state index is 12.3. The summed E-state index contributed by atoms with van der Waals surface area (Å²) in [5, 5.41) is 14.7. The first-order valence-corrected chi connectivity index (χ1v) is 8.61. The average molecular weight is 339 g/mol. The number of aryl methyl sites for hydroxylation is 1. The molecule has 7 heteroatoms. The van der Waals surface area contributed by atoms with Crippen LogP contribution in [-0.2, 0) is 11.2 Å². The number of rotatable bonds is 6. The number of thioether (sulfide) groups is 1. The molecule has 0 atom stereocenters. The van der Waals surface area contributed by atoms with Crippen molar-refractivity contribution in [2.24, 2.45) is 0 Å². The van der Waals surface area contributed by atoms with E-state index in [1.807, 2.05) is 61.5 Å². The minimum atomic E-state index is -0.0672. The Balaban J connectivity index is 1.72. The molecule has 2 aromatic carbocycles. The molecule has 0 aliphatic rings. The molecule has 0 aliphatic carbocycles. The molecule has 3 aromatic rings. The largest absolute Gasteiger partial charge is 0.323 e. The van der Waals surface area contributed by atoms with Crippen molar-refractivity contribution in [3.05, 3.63) is 60.4 Å². The Bertz CT molecular complexity index is 819. The van der Waals surface area contributed by atoms with E-state index in [9.17, 15) is 4.79 Å². The number of carbonyl (C=O) groups excluding carboxylic acids is 1. The van der Waals surface area contributed by atoms with Crippen LogP contribution in [0.25, 0.3) is 5.69 Å². The third kappa shape index (κ3) is 3.80. The van der Waals surface area contributed by atoms with E-state index in [2.05, 4.69) is 20.8 Å². The van der Waals surface area contributed by atoms with Crippen LogP contribution < -0.4 is 5.32 Å². The van der Waals surface area contributed by atoms with E-state index in [0.717, 1.165) is 16.4 Å². The third-order valence-electron chi connectivity index (χ3n) is 3.37. The lowest BCUT2D eigenvalue weighted by molar-refractivity contribution is -0.113. The molecule has 6 nitrogen and oxygen atoms in total. The van der Waals surface area contributed by atoms with E-state index in [4.69, 9.17) is 0 Å². The summed E-state index contributed by atoms with van der Waals surface area (Å²) in [6, 6.07) is 17.3. The lowest BCUT2D eigenvalue weighted by Gasteiger charge is -2.11. The molecule has 1 aromatic heterocycles. The molecule has 1 amide bonds. The summed E-state index contributed by atoms with van der Waals surface area (Å²) >= 11 is 1.50. The van der Waals surface area contributed by atoms with Gasteiger partial charge in [0.25, 0.3) is 0 Å². The van der Waals surface area contributed by atoms with E-state index >= 15 is 0 Å². The van der Waals surface area contributed by atoms with Crippen molar-refractivity contribution < 1.29 is 4.79 Å². The molecule has 24 heavy (non-hydrogen) atoms. The zero-order valence-electron chi connectivity index (χ0n) is 13.2. The predicted octanol–water partition coefficient (Wildman–Crippen LogP) is 2.96.